The lowest BCUT2D eigenvalue weighted by molar-refractivity contribution is 0.00500. The molecule has 0 amide bonds. The molecule has 0 bridgehead atoms. The van der Waals surface area contributed by atoms with Crippen LogP contribution in [0, 0.1) is 6.92 Å². The molecule has 1 atom stereocenters. The molecule has 3 rings (SSSR count). The lowest BCUT2D eigenvalue weighted by atomic mass is 10.2. The van der Waals surface area contributed by atoms with Crippen molar-refractivity contribution in [1.29, 1.82) is 0 Å². The van der Waals surface area contributed by atoms with Crippen LogP contribution in [0.3, 0.4) is 0 Å². The number of β-amino-alcohol motifs (C(OH)–C–C–N with tert-alkyl or cyclic N) is 1. The van der Waals surface area contributed by atoms with Gasteiger partial charge in [-0.05, 0) is 31.9 Å². The number of rotatable bonds is 7. The van der Waals surface area contributed by atoms with Crippen LogP contribution in [0.2, 0.25) is 0 Å². The Morgan fingerprint density at radius 2 is 2.10 bits per heavy atom. The van der Waals surface area contributed by atoms with Gasteiger partial charge in [-0.15, -0.1) is 0 Å². The van der Waals surface area contributed by atoms with Crippen LogP contribution in [-0.4, -0.2) is 66.4 Å². The lowest BCUT2D eigenvalue weighted by Gasteiger charge is -2.31. The molecule has 2 fully saturated rings. The van der Waals surface area contributed by atoms with E-state index in [-0.39, 0.29) is 6.10 Å². The quantitative estimate of drug-likeness (QED) is 0.820. The zero-order valence-electron chi connectivity index (χ0n) is 12.8. The Kier molecular flexibility index (Phi) is 4.95. The number of furan rings is 1. The van der Waals surface area contributed by atoms with Crippen molar-refractivity contribution in [1.82, 2.24) is 9.80 Å². The third-order valence-electron chi connectivity index (χ3n) is 4.24. The van der Waals surface area contributed by atoms with Crippen molar-refractivity contribution < 1.29 is 14.3 Å². The maximum absolute atomic E-state index is 10.4. The summed E-state index contributed by atoms with van der Waals surface area (Å²) in [6, 6.07) is 4.67. The van der Waals surface area contributed by atoms with Crippen LogP contribution in [-0.2, 0) is 11.3 Å². The average Bonchev–Trinajstić information content (AvgIpc) is 3.23. The second-order valence-electron chi connectivity index (χ2n) is 6.24. The normalized spacial score (nSPS) is 21.9. The molecule has 1 unspecified atom stereocenters. The molecule has 5 heteroatoms. The standard InChI is InChI=1S/C16H26N2O3/c1-13-2-5-16(21-13)12-18(14-3-4-14)11-15(19)10-17-6-8-20-9-7-17/h2,5,14-15,19H,3-4,6-12H2,1H3. The van der Waals surface area contributed by atoms with E-state index in [1.54, 1.807) is 0 Å². The third kappa shape index (κ3) is 4.54. The van der Waals surface area contributed by atoms with Gasteiger partial charge in [-0.2, -0.15) is 0 Å². The molecule has 1 aromatic heterocycles. The molecule has 1 aromatic rings. The number of morpholine rings is 1. The number of aryl methyl sites for hydroxylation is 1. The Labute approximate surface area is 126 Å². The fraction of sp³-hybridized carbons (Fsp3) is 0.750. The van der Waals surface area contributed by atoms with Crippen molar-refractivity contribution >= 4 is 0 Å². The number of ether oxygens (including phenoxy) is 1. The van der Waals surface area contributed by atoms with E-state index in [4.69, 9.17) is 9.15 Å². The van der Waals surface area contributed by atoms with Crippen LogP contribution in [0.15, 0.2) is 16.5 Å². The second kappa shape index (κ2) is 6.92. The summed E-state index contributed by atoms with van der Waals surface area (Å²) in [5.74, 6) is 1.95. The third-order valence-corrected chi connectivity index (χ3v) is 4.24. The van der Waals surface area contributed by atoms with Crippen LogP contribution in [0.25, 0.3) is 0 Å². The van der Waals surface area contributed by atoms with Crippen molar-refractivity contribution in [3.63, 3.8) is 0 Å². The van der Waals surface area contributed by atoms with E-state index in [9.17, 15) is 5.11 Å². The molecule has 118 valence electrons. The molecule has 0 radical (unpaired) electrons. The van der Waals surface area contributed by atoms with Gasteiger partial charge in [0.05, 0.1) is 25.9 Å². The summed E-state index contributed by atoms with van der Waals surface area (Å²) in [6.07, 6.45) is 2.17. The highest BCUT2D eigenvalue weighted by molar-refractivity contribution is 5.06. The average molecular weight is 294 g/mol. The van der Waals surface area contributed by atoms with Crippen molar-refractivity contribution in [2.24, 2.45) is 0 Å². The summed E-state index contributed by atoms with van der Waals surface area (Å²) >= 11 is 0. The van der Waals surface area contributed by atoms with Gasteiger partial charge in [-0.25, -0.2) is 0 Å². The first kappa shape index (κ1) is 15.0. The van der Waals surface area contributed by atoms with Crippen molar-refractivity contribution in [2.75, 3.05) is 39.4 Å². The molecule has 21 heavy (non-hydrogen) atoms. The first-order chi connectivity index (χ1) is 10.2. The fourth-order valence-corrected chi connectivity index (χ4v) is 2.96. The van der Waals surface area contributed by atoms with Crippen LogP contribution in [0.5, 0.6) is 0 Å². The van der Waals surface area contributed by atoms with E-state index >= 15 is 0 Å². The van der Waals surface area contributed by atoms with Gasteiger partial charge >= 0.3 is 0 Å². The van der Waals surface area contributed by atoms with E-state index < -0.39 is 0 Å². The molecule has 2 aliphatic rings. The molecule has 1 saturated carbocycles. The van der Waals surface area contributed by atoms with Gasteiger partial charge in [0.2, 0.25) is 0 Å². The number of hydrogen-bond acceptors (Lipinski definition) is 5. The zero-order valence-corrected chi connectivity index (χ0v) is 12.8. The molecule has 2 heterocycles. The van der Waals surface area contributed by atoms with Gasteiger partial charge in [0.15, 0.2) is 0 Å². The highest BCUT2D eigenvalue weighted by Crippen LogP contribution is 2.28. The molecule has 1 saturated heterocycles. The second-order valence-corrected chi connectivity index (χ2v) is 6.24. The van der Waals surface area contributed by atoms with Gasteiger partial charge < -0.3 is 14.3 Å². The van der Waals surface area contributed by atoms with Gasteiger partial charge in [-0.1, -0.05) is 0 Å². The Balaban J connectivity index is 1.49. The molecular formula is C16H26N2O3. The SMILES string of the molecule is Cc1ccc(CN(CC(O)CN2CCOCC2)C2CC2)o1. The smallest absolute Gasteiger partial charge is 0.118 e. The molecule has 0 spiro atoms. The summed E-state index contributed by atoms with van der Waals surface area (Å²) in [5.41, 5.74) is 0. The maximum atomic E-state index is 10.4. The van der Waals surface area contributed by atoms with Crippen LogP contribution >= 0.6 is 0 Å². The van der Waals surface area contributed by atoms with Gasteiger partial charge in [-0.3, -0.25) is 9.80 Å². The minimum atomic E-state index is -0.306. The Morgan fingerprint density at radius 1 is 1.33 bits per heavy atom. The summed E-state index contributed by atoms with van der Waals surface area (Å²) in [4.78, 5) is 4.65. The molecule has 5 nitrogen and oxygen atoms in total. The number of aliphatic hydroxyl groups is 1. The van der Waals surface area contributed by atoms with E-state index in [0.29, 0.717) is 6.04 Å². The van der Waals surface area contributed by atoms with Crippen LogP contribution in [0.4, 0.5) is 0 Å². The van der Waals surface area contributed by atoms with Gasteiger partial charge in [0.1, 0.15) is 11.5 Å². The zero-order chi connectivity index (χ0) is 14.7. The molecule has 0 aromatic carbocycles. The van der Waals surface area contributed by atoms with E-state index in [0.717, 1.165) is 57.5 Å². The van der Waals surface area contributed by atoms with Gasteiger partial charge in [0, 0.05) is 32.2 Å². The Hall–Kier alpha value is -0.880. The van der Waals surface area contributed by atoms with E-state index in [1.807, 2.05) is 19.1 Å². The number of hydrogen-bond donors (Lipinski definition) is 1. The van der Waals surface area contributed by atoms with Gasteiger partial charge in [0.25, 0.3) is 0 Å². The molecule has 1 aliphatic carbocycles. The lowest BCUT2D eigenvalue weighted by Crippen LogP contribution is -2.44. The summed E-state index contributed by atoms with van der Waals surface area (Å²) in [7, 11) is 0. The summed E-state index contributed by atoms with van der Waals surface area (Å²) in [5, 5.41) is 10.4. The minimum absolute atomic E-state index is 0.306. The maximum Gasteiger partial charge on any atom is 0.118 e. The first-order valence-electron chi connectivity index (χ1n) is 7.98. The van der Waals surface area contributed by atoms with E-state index in [2.05, 4.69) is 9.80 Å². The van der Waals surface area contributed by atoms with Crippen LogP contribution < -0.4 is 0 Å². The molecular weight excluding hydrogens is 268 g/mol. The fourth-order valence-electron chi connectivity index (χ4n) is 2.96. The van der Waals surface area contributed by atoms with Crippen molar-refractivity contribution in [3.05, 3.63) is 23.7 Å². The monoisotopic (exact) mass is 294 g/mol. The Morgan fingerprint density at radius 3 is 2.71 bits per heavy atom. The largest absolute Gasteiger partial charge is 0.465 e. The highest BCUT2D eigenvalue weighted by Gasteiger charge is 2.31. The van der Waals surface area contributed by atoms with Crippen molar-refractivity contribution in [3.8, 4) is 0 Å². The molecule has 1 N–H and O–H groups in total. The highest BCUT2D eigenvalue weighted by atomic mass is 16.5. The van der Waals surface area contributed by atoms with Crippen molar-refractivity contribution in [2.45, 2.75) is 38.5 Å². The molecule has 1 aliphatic heterocycles. The predicted molar refractivity (Wildman–Crippen MR) is 80.1 cm³/mol. The summed E-state index contributed by atoms with van der Waals surface area (Å²) < 4.78 is 11.0. The minimum Gasteiger partial charge on any atom is -0.465 e. The summed E-state index contributed by atoms with van der Waals surface area (Å²) in [6.45, 7) is 7.66. The topological polar surface area (TPSA) is 49.1 Å². The number of nitrogens with zero attached hydrogens (tertiary/aromatic N) is 2. The first-order valence-corrected chi connectivity index (χ1v) is 7.98. The van der Waals surface area contributed by atoms with E-state index in [1.165, 1.54) is 12.8 Å². The Bertz CT molecular complexity index is 438. The van der Waals surface area contributed by atoms with Crippen LogP contribution in [0.1, 0.15) is 24.4 Å². The predicted octanol–water partition coefficient (Wildman–Crippen LogP) is 1.25. The number of aliphatic hydroxyl groups excluding tert-OH is 1.